The molecule has 1 heterocycles. The molecule has 1 atom stereocenters. The van der Waals surface area contributed by atoms with Gasteiger partial charge in [-0.3, -0.25) is 4.90 Å². The predicted octanol–water partition coefficient (Wildman–Crippen LogP) is 2.21. The van der Waals surface area contributed by atoms with Gasteiger partial charge in [0.15, 0.2) is 0 Å². The Hall–Kier alpha value is -1.27. The summed E-state index contributed by atoms with van der Waals surface area (Å²) in [6.45, 7) is 3.45. The first-order chi connectivity index (χ1) is 8.89. The second-order valence-corrected chi connectivity index (χ2v) is 4.78. The first-order valence-electron chi connectivity index (χ1n) is 6.20. The number of halogens is 3. The number of benzene rings is 1. The molecule has 106 valence electrons. The van der Waals surface area contributed by atoms with Crippen molar-refractivity contribution in [2.45, 2.75) is 19.1 Å². The molecule has 2 rings (SSSR count). The van der Waals surface area contributed by atoms with Gasteiger partial charge in [0.1, 0.15) is 11.8 Å². The van der Waals surface area contributed by atoms with Crippen LogP contribution in [-0.2, 0) is 0 Å². The van der Waals surface area contributed by atoms with Crippen LogP contribution < -0.4 is 5.32 Å². The molecule has 0 aromatic heterocycles. The number of hydrogen-bond donors (Lipinski definition) is 2. The topological polar surface area (TPSA) is 35.5 Å². The summed E-state index contributed by atoms with van der Waals surface area (Å²) in [5, 5.41) is 12.5. The molecule has 0 aliphatic carbocycles. The van der Waals surface area contributed by atoms with Crippen LogP contribution in [0.1, 0.15) is 17.2 Å². The maximum Gasteiger partial charge on any atom is 0.408 e. The molecule has 1 aliphatic heterocycles. The third-order valence-electron chi connectivity index (χ3n) is 3.36. The molecule has 1 aromatic rings. The highest BCUT2D eigenvalue weighted by Crippen LogP contribution is 2.38. The van der Waals surface area contributed by atoms with E-state index in [0.29, 0.717) is 31.7 Å². The molecule has 1 aliphatic rings. The van der Waals surface area contributed by atoms with Crippen LogP contribution in [0.2, 0.25) is 0 Å². The number of aryl methyl sites for hydroxylation is 1. The molecule has 1 aromatic carbocycles. The molecule has 0 unspecified atom stereocenters. The van der Waals surface area contributed by atoms with Crippen LogP contribution >= 0.6 is 0 Å². The normalized spacial score (nSPS) is 19.4. The lowest BCUT2D eigenvalue weighted by atomic mass is 10.0. The maximum absolute atomic E-state index is 13.3. The summed E-state index contributed by atoms with van der Waals surface area (Å²) < 4.78 is 39.9. The molecular weight excluding hydrogens is 257 g/mol. The van der Waals surface area contributed by atoms with Crippen LogP contribution in [0, 0.1) is 6.92 Å². The summed E-state index contributed by atoms with van der Waals surface area (Å²) in [5.74, 6) is 0.0185. The van der Waals surface area contributed by atoms with Gasteiger partial charge in [0.25, 0.3) is 0 Å². The van der Waals surface area contributed by atoms with Crippen molar-refractivity contribution in [3.8, 4) is 5.75 Å². The fourth-order valence-electron chi connectivity index (χ4n) is 2.40. The van der Waals surface area contributed by atoms with Gasteiger partial charge in [0, 0.05) is 26.2 Å². The molecule has 0 radical (unpaired) electrons. The van der Waals surface area contributed by atoms with Crippen LogP contribution in [-0.4, -0.2) is 42.4 Å². The van der Waals surface area contributed by atoms with Gasteiger partial charge in [-0.15, -0.1) is 0 Å². The molecule has 0 saturated carbocycles. The number of piperazine rings is 1. The molecule has 1 saturated heterocycles. The Morgan fingerprint density at radius 3 is 2.42 bits per heavy atom. The Morgan fingerprint density at radius 2 is 1.89 bits per heavy atom. The van der Waals surface area contributed by atoms with Crippen LogP contribution in [0.25, 0.3) is 0 Å². The highest BCUT2D eigenvalue weighted by molar-refractivity contribution is 5.36. The van der Waals surface area contributed by atoms with Gasteiger partial charge in [-0.1, -0.05) is 12.1 Å². The van der Waals surface area contributed by atoms with Crippen LogP contribution in [0.4, 0.5) is 13.2 Å². The van der Waals surface area contributed by atoms with Gasteiger partial charge in [-0.05, 0) is 24.1 Å². The minimum absolute atomic E-state index is 0.0185. The first kappa shape index (κ1) is 14.1. The lowest BCUT2D eigenvalue weighted by Crippen LogP contribution is -2.49. The van der Waals surface area contributed by atoms with Crippen molar-refractivity contribution < 1.29 is 18.3 Å². The zero-order valence-electron chi connectivity index (χ0n) is 10.7. The third-order valence-corrected chi connectivity index (χ3v) is 3.36. The Bertz CT molecular complexity index is 442. The summed E-state index contributed by atoms with van der Waals surface area (Å²) in [4.78, 5) is 1.43. The standard InChI is InChI=1S/C13H17F3N2O/c1-9-8-10(2-3-11(9)19)12(13(14,15)16)18-6-4-17-5-7-18/h2-3,8,12,17,19H,4-7H2,1H3/t12-/m1/s1. The summed E-state index contributed by atoms with van der Waals surface area (Å²) in [6.07, 6.45) is -4.32. The van der Waals surface area contributed by atoms with E-state index in [-0.39, 0.29) is 11.3 Å². The van der Waals surface area contributed by atoms with Crippen molar-refractivity contribution in [1.82, 2.24) is 10.2 Å². The van der Waals surface area contributed by atoms with E-state index >= 15 is 0 Å². The number of rotatable bonds is 2. The third kappa shape index (κ3) is 3.19. The Kier molecular flexibility index (Phi) is 4.01. The van der Waals surface area contributed by atoms with E-state index < -0.39 is 12.2 Å². The monoisotopic (exact) mass is 274 g/mol. The Balaban J connectivity index is 2.33. The zero-order chi connectivity index (χ0) is 14.0. The van der Waals surface area contributed by atoms with Crippen LogP contribution in [0.15, 0.2) is 18.2 Å². The minimum atomic E-state index is -4.32. The second-order valence-electron chi connectivity index (χ2n) is 4.78. The summed E-state index contributed by atoms with van der Waals surface area (Å²) in [5.41, 5.74) is 0.645. The quantitative estimate of drug-likeness (QED) is 0.868. The van der Waals surface area contributed by atoms with Crippen molar-refractivity contribution in [2.75, 3.05) is 26.2 Å². The molecule has 2 N–H and O–H groups in total. The van der Waals surface area contributed by atoms with Crippen molar-refractivity contribution in [3.05, 3.63) is 29.3 Å². The molecular formula is C13H17F3N2O. The summed E-state index contributed by atoms with van der Waals surface area (Å²) >= 11 is 0. The molecule has 0 amide bonds. The number of nitrogens with one attached hydrogen (secondary N) is 1. The first-order valence-corrected chi connectivity index (χ1v) is 6.20. The van der Waals surface area contributed by atoms with Gasteiger partial charge in [0.2, 0.25) is 0 Å². The van der Waals surface area contributed by atoms with Gasteiger partial charge < -0.3 is 10.4 Å². The van der Waals surface area contributed by atoms with Crippen molar-refractivity contribution >= 4 is 0 Å². The van der Waals surface area contributed by atoms with Crippen molar-refractivity contribution in [1.29, 1.82) is 0 Å². The van der Waals surface area contributed by atoms with E-state index in [9.17, 15) is 18.3 Å². The van der Waals surface area contributed by atoms with E-state index in [4.69, 9.17) is 0 Å². The van der Waals surface area contributed by atoms with Crippen LogP contribution in [0.5, 0.6) is 5.75 Å². The summed E-state index contributed by atoms with van der Waals surface area (Å²) in [6, 6.07) is 2.48. The smallest absolute Gasteiger partial charge is 0.408 e. The van der Waals surface area contributed by atoms with E-state index in [1.165, 1.54) is 23.1 Å². The number of alkyl halides is 3. The van der Waals surface area contributed by atoms with Gasteiger partial charge >= 0.3 is 6.18 Å². The van der Waals surface area contributed by atoms with Crippen molar-refractivity contribution in [2.24, 2.45) is 0 Å². The van der Waals surface area contributed by atoms with Gasteiger partial charge in [-0.2, -0.15) is 13.2 Å². The predicted molar refractivity (Wildman–Crippen MR) is 66.1 cm³/mol. The zero-order valence-corrected chi connectivity index (χ0v) is 10.7. The van der Waals surface area contributed by atoms with E-state index in [1.54, 1.807) is 6.92 Å². The number of hydrogen-bond acceptors (Lipinski definition) is 3. The number of aromatic hydroxyl groups is 1. The maximum atomic E-state index is 13.3. The fourth-order valence-corrected chi connectivity index (χ4v) is 2.40. The highest BCUT2D eigenvalue weighted by atomic mass is 19.4. The Labute approximate surface area is 110 Å². The number of nitrogens with zero attached hydrogens (tertiary/aromatic N) is 1. The SMILES string of the molecule is Cc1cc([C@@H](N2CCNCC2)C(F)(F)F)ccc1O. The van der Waals surface area contributed by atoms with E-state index in [2.05, 4.69) is 5.32 Å². The molecule has 19 heavy (non-hydrogen) atoms. The molecule has 1 fully saturated rings. The lowest BCUT2D eigenvalue weighted by Gasteiger charge is -2.36. The molecule has 6 heteroatoms. The minimum Gasteiger partial charge on any atom is -0.508 e. The fraction of sp³-hybridized carbons (Fsp3) is 0.538. The lowest BCUT2D eigenvalue weighted by molar-refractivity contribution is -0.187. The number of phenolic OH excluding ortho intramolecular Hbond substituents is 1. The average molecular weight is 274 g/mol. The molecule has 3 nitrogen and oxygen atoms in total. The summed E-state index contributed by atoms with van der Waals surface area (Å²) in [7, 11) is 0. The Morgan fingerprint density at radius 1 is 1.26 bits per heavy atom. The van der Waals surface area contributed by atoms with Crippen molar-refractivity contribution in [3.63, 3.8) is 0 Å². The average Bonchev–Trinajstić information content (AvgIpc) is 2.34. The number of phenols is 1. The highest BCUT2D eigenvalue weighted by Gasteiger charge is 2.44. The van der Waals surface area contributed by atoms with Crippen LogP contribution in [0.3, 0.4) is 0 Å². The van der Waals surface area contributed by atoms with E-state index in [0.717, 1.165) is 0 Å². The van der Waals surface area contributed by atoms with Gasteiger partial charge in [-0.25, -0.2) is 0 Å². The molecule has 0 bridgehead atoms. The van der Waals surface area contributed by atoms with E-state index in [1.807, 2.05) is 0 Å². The largest absolute Gasteiger partial charge is 0.508 e. The second kappa shape index (κ2) is 5.38. The van der Waals surface area contributed by atoms with Gasteiger partial charge in [0.05, 0.1) is 0 Å². The molecule has 0 spiro atoms.